The lowest BCUT2D eigenvalue weighted by Crippen LogP contribution is -2.37. The van der Waals surface area contributed by atoms with Gasteiger partial charge in [0.05, 0.1) is 30.6 Å². The quantitative estimate of drug-likeness (QED) is 0.451. The first-order valence-corrected chi connectivity index (χ1v) is 12.0. The third kappa shape index (κ3) is 5.63. The monoisotopic (exact) mass is 491 g/mol. The molecule has 0 spiro atoms. The summed E-state index contributed by atoms with van der Waals surface area (Å²) in [5.41, 5.74) is 2.32. The molecule has 3 amide bonds. The third-order valence-corrected chi connectivity index (χ3v) is 6.29. The number of imide groups is 1. The number of para-hydroxylation sites is 1. The number of aromatic nitrogens is 1. The summed E-state index contributed by atoms with van der Waals surface area (Å²) in [4.78, 5) is 43.5. The summed E-state index contributed by atoms with van der Waals surface area (Å²) >= 11 is 0.873. The fourth-order valence-electron chi connectivity index (χ4n) is 3.75. The van der Waals surface area contributed by atoms with E-state index in [1.54, 1.807) is 37.6 Å². The van der Waals surface area contributed by atoms with Crippen LogP contribution in [0.15, 0.2) is 59.6 Å². The van der Waals surface area contributed by atoms with E-state index in [2.05, 4.69) is 10.3 Å². The van der Waals surface area contributed by atoms with E-state index >= 15 is 0 Å². The summed E-state index contributed by atoms with van der Waals surface area (Å²) in [6, 6.07) is 14.8. The zero-order chi connectivity index (χ0) is 24.8. The number of hydrogen-bond acceptors (Lipinski definition) is 7. The van der Waals surface area contributed by atoms with Gasteiger partial charge >= 0.3 is 0 Å². The second kappa shape index (κ2) is 11.1. The number of ether oxygens (including phenoxy) is 2. The summed E-state index contributed by atoms with van der Waals surface area (Å²) in [7, 11) is 1.54. The first-order chi connectivity index (χ1) is 17.0. The van der Waals surface area contributed by atoms with Gasteiger partial charge in [0.15, 0.2) is 11.5 Å². The lowest BCUT2D eigenvalue weighted by Gasteiger charge is -2.13. The smallest absolute Gasteiger partial charge is 0.293 e. The minimum Gasteiger partial charge on any atom is -0.493 e. The molecule has 8 nitrogen and oxygen atoms in total. The van der Waals surface area contributed by atoms with E-state index in [4.69, 9.17) is 9.47 Å². The van der Waals surface area contributed by atoms with Crippen molar-refractivity contribution in [2.75, 3.05) is 26.8 Å². The second-order valence-electron chi connectivity index (χ2n) is 7.70. The minimum atomic E-state index is -0.389. The van der Waals surface area contributed by atoms with Crippen molar-refractivity contribution >= 4 is 45.8 Å². The maximum atomic E-state index is 12.8. The Balaban J connectivity index is 1.35. The molecule has 1 aromatic heterocycles. The molecular weight excluding hydrogens is 466 g/mol. The molecule has 0 unspecified atom stereocenters. The number of nitrogens with zero attached hydrogens (tertiary/aromatic N) is 2. The average Bonchev–Trinajstić information content (AvgIpc) is 3.12. The van der Waals surface area contributed by atoms with Crippen LogP contribution in [-0.4, -0.2) is 53.7 Å². The lowest BCUT2D eigenvalue weighted by atomic mass is 10.1. The first-order valence-electron chi connectivity index (χ1n) is 11.2. The van der Waals surface area contributed by atoms with Crippen LogP contribution in [-0.2, 0) is 16.0 Å². The van der Waals surface area contributed by atoms with Crippen molar-refractivity contribution in [1.29, 1.82) is 0 Å². The number of fused-ring (bicyclic) bond motifs is 1. The van der Waals surface area contributed by atoms with Gasteiger partial charge in [0.2, 0.25) is 5.91 Å². The zero-order valence-electron chi connectivity index (χ0n) is 19.4. The van der Waals surface area contributed by atoms with Gasteiger partial charge < -0.3 is 14.8 Å². The minimum absolute atomic E-state index is 0.0914. The molecule has 3 aromatic rings. The Kier molecular flexibility index (Phi) is 7.67. The third-order valence-electron chi connectivity index (χ3n) is 5.38. The molecular formula is C26H25N3O5S. The largest absolute Gasteiger partial charge is 0.493 e. The summed E-state index contributed by atoms with van der Waals surface area (Å²) in [5.74, 6) is 0.562. The summed E-state index contributed by atoms with van der Waals surface area (Å²) < 4.78 is 10.9. The number of rotatable bonds is 9. The fourth-order valence-corrected chi connectivity index (χ4v) is 4.61. The Labute approximate surface area is 207 Å². The van der Waals surface area contributed by atoms with Crippen molar-refractivity contribution in [2.45, 2.75) is 13.3 Å². The van der Waals surface area contributed by atoms with Gasteiger partial charge in [0.1, 0.15) is 0 Å². The molecule has 4 rings (SSSR count). The van der Waals surface area contributed by atoms with E-state index < -0.39 is 0 Å². The molecule has 2 heterocycles. The molecule has 1 aliphatic rings. The standard InChI is InChI=1S/C26H25N3O5S/c1-3-34-20-10-9-17(14-21(20)33-2)15-22-25(31)29(26(32)35-22)13-12-27-23(30)16-19-7-4-6-18-8-5-11-28-24(18)19/h4-11,14-15H,3,12-13,16H2,1-2H3,(H,27,30). The fraction of sp³-hybridized carbons (Fsp3) is 0.231. The highest BCUT2D eigenvalue weighted by Crippen LogP contribution is 2.34. The van der Waals surface area contributed by atoms with Gasteiger partial charge in [0, 0.05) is 24.7 Å². The highest BCUT2D eigenvalue weighted by atomic mass is 32.2. The molecule has 1 N–H and O–H groups in total. The first kappa shape index (κ1) is 24.3. The SMILES string of the molecule is CCOc1ccc(C=C2SC(=O)N(CCNC(=O)Cc3cccc4cccnc34)C2=O)cc1OC. The highest BCUT2D eigenvalue weighted by Gasteiger charge is 2.34. The maximum absolute atomic E-state index is 12.8. The Morgan fingerprint density at radius 3 is 2.77 bits per heavy atom. The van der Waals surface area contributed by atoms with E-state index in [1.807, 2.05) is 37.3 Å². The molecule has 2 aromatic carbocycles. The van der Waals surface area contributed by atoms with Crippen molar-refractivity contribution in [3.05, 3.63) is 70.8 Å². The second-order valence-corrected chi connectivity index (χ2v) is 8.69. The van der Waals surface area contributed by atoms with Crippen molar-refractivity contribution in [1.82, 2.24) is 15.2 Å². The molecule has 1 fully saturated rings. The molecule has 180 valence electrons. The van der Waals surface area contributed by atoms with Crippen LogP contribution in [0.25, 0.3) is 17.0 Å². The normalized spacial score (nSPS) is 14.6. The number of hydrogen-bond donors (Lipinski definition) is 1. The number of thioether (sulfide) groups is 1. The Morgan fingerprint density at radius 1 is 1.14 bits per heavy atom. The molecule has 1 aliphatic heterocycles. The zero-order valence-corrected chi connectivity index (χ0v) is 20.3. The molecule has 0 bridgehead atoms. The number of methoxy groups -OCH3 is 1. The van der Waals surface area contributed by atoms with Gasteiger partial charge in [-0.3, -0.25) is 24.3 Å². The van der Waals surface area contributed by atoms with Gasteiger partial charge in [-0.15, -0.1) is 0 Å². The number of carbonyl (C=O) groups excluding carboxylic acids is 3. The van der Waals surface area contributed by atoms with E-state index in [1.165, 1.54) is 0 Å². The number of pyridine rings is 1. The van der Waals surface area contributed by atoms with Gasteiger partial charge in [-0.25, -0.2) is 0 Å². The van der Waals surface area contributed by atoms with Crippen LogP contribution < -0.4 is 14.8 Å². The molecule has 0 aliphatic carbocycles. The van der Waals surface area contributed by atoms with Crippen LogP contribution in [0.4, 0.5) is 4.79 Å². The Bertz CT molecular complexity index is 1300. The van der Waals surface area contributed by atoms with Crippen molar-refractivity contribution in [2.24, 2.45) is 0 Å². The van der Waals surface area contributed by atoms with E-state index in [9.17, 15) is 14.4 Å². The summed E-state index contributed by atoms with van der Waals surface area (Å²) in [5, 5.41) is 3.39. The maximum Gasteiger partial charge on any atom is 0.293 e. The lowest BCUT2D eigenvalue weighted by molar-refractivity contribution is -0.124. The van der Waals surface area contributed by atoms with Crippen LogP contribution in [0.2, 0.25) is 0 Å². The van der Waals surface area contributed by atoms with Crippen LogP contribution >= 0.6 is 11.8 Å². The number of benzene rings is 2. The van der Waals surface area contributed by atoms with Crippen molar-refractivity contribution < 1.29 is 23.9 Å². The summed E-state index contributed by atoms with van der Waals surface area (Å²) in [6.07, 6.45) is 3.51. The predicted molar refractivity (Wildman–Crippen MR) is 135 cm³/mol. The average molecular weight is 492 g/mol. The van der Waals surface area contributed by atoms with Crippen LogP contribution in [0.5, 0.6) is 11.5 Å². The van der Waals surface area contributed by atoms with E-state index in [0.29, 0.717) is 28.6 Å². The van der Waals surface area contributed by atoms with Crippen LogP contribution in [0, 0.1) is 0 Å². The number of nitrogens with one attached hydrogen (secondary N) is 1. The summed E-state index contributed by atoms with van der Waals surface area (Å²) in [6.45, 7) is 2.64. The predicted octanol–water partition coefficient (Wildman–Crippen LogP) is 4.04. The Morgan fingerprint density at radius 2 is 1.97 bits per heavy atom. The molecule has 0 radical (unpaired) electrons. The highest BCUT2D eigenvalue weighted by molar-refractivity contribution is 8.18. The number of carbonyl (C=O) groups is 3. The van der Waals surface area contributed by atoms with E-state index in [-0.39, 0.29) is 36.6 Å². The van der Waals surface area contributed by atoms with Gasteiger partial charge in [-0.1, -0.05) is 30.3 Å². The molecule has 0 saturated carbocycles. The topological polar surface area (TPSA) is 97.8 Å². The molecule has 1 saturated heterocycles. The van der Waals surface area contributed by atoms with Gasteiger partial charge in [-0.2, -0.15) is 0 Å². The molecule has 0 atom stereocenters. The van der Waals surface area contributed by atoms with Crippen molar-refractivity contribution in [3.63, 3.8) is 0 Å². The Hall–Kier alpha value is -3.85. The molecule has 35 heavy (non-hydrogen) atoms. The van der Waals surface area contributed by atoms with Gasteiger partial charge in [0.25, 0.3) is 11.1 Å². The molecule has 9 heteroatoms. The van der Waals surface area contributed by atoms with Crippen LogP contribution in [0.1, 0.15) is 18.1 Å². The van der Waals surface area contributed by atoms with Crippen LogP contribution in [0.3, 0.4) is 0 Å². The number of amides is 3. The van der Waals surface area contributed by atoms with E-state index in [0.717, 1.165) is 33.1 Å². The van der Waals surface area contributed by atoms with Gasteiger partial charge in [-0.05, 0) is 54.1 Å². The van der Waals surface area contributed by atoms with Crippen molar-refractivity contribution in [3.8, 4) is 11.5 Å².